The maximum atomic E-state index is 12.0. The first-order chi connectivity index (χ1) is 9.04. The summed E-state index contributed by atoms with van der Waals surface area (Å²) in [5.74, 6) is -0.707. The highest BCUT2D eigenvalue weighted by Crippen LogP contribution is 2.34. The first-order valence-electron chi connectivity index (χ1n) is 7.03. The highest BCUT2D eigenvalue weighted by Gasteiger charge is 2.38. The molecule has 0 aromatic rings. The van der Waals surface area contributed by atoms with Crippen LogP contribution >= 0.6 is 0 Å². The Balaban J connectivity index is 2.59. The Labute approximate surface area is 120 Å². The number of primary amides is 1. The summed E-state index contributed by atoms with van der Waals surface area (Å²) in [6, 6.07) is -0.995. The molecule has 0 saturated carbocycles. The Bertz CT molecular complexity index is 364. The van der Waals surface area contributed by atoms with Crippen LogP contribution < -0.4 is 16.4 Å². The van der Waals surface area contributed by atoms with Crippen LogP contribution in [0.1, 0.15) is 47.0 Å². The van der Waals surface area contributed by atoms with Crippen molar-refractivity contribution >= 4 is 11.8 Å². The molecule has 6 nitrogen and oxygen atoms in total. The summed E-state index contributed by atoms with van der Waals surface area (Å²) in [7, 11) is 0. The summed E-state index contributed by atoms with van der Waals surface area (Å²) < 4.78 is 0. The van der Waals surface area contributed by atoms with Gasteiger partial charge in [-0.15, -0.1) is 0 Å². The highest BCUT2D eigenvalue weighted by atomic mass is 16.3. The van der Waals surface area contributed by atoms with E-state index in [-0.39, 0.29) is 22.9 Å². The molecule has 0 aliphatic carbocycles. The van der Waals surface area contributed by atoms with Crippen LogP contribution in [0.5, 0.6) is 0 Å². The Hall–Kier alpha value is -1.14. The molecule has 2 amide bonds. The number of nitrogens with two attached hydrogens (primary N) is 1. The second-order valence-corrected chi connectivity index (χ2v) is 7.08. The molecule has 20 heavy (non-hydrogen) atoms. The number of carbonyl (C=O) groups is 2. The fourth-order valence-corrected chi connectivity index (χ4v) is 3.40. The van der Waals surface area contributed by atoms with E-state index in [9.17, 15) is 9.59 Å². The molecule has 0 unspecified atom stereocenters. The lowest BCUT2D eigenvalue weighted by Gasteiger charge is -2.46. The molecule has 0 radical (unpaired) electrons. The molecule has 1 atom stereocenters. The van der Waals surface area contributed by atoms with Crippen molar-refractivity contribution in [2.45, 2.75) is 64.1 Å². The third kappa shape index (κ3) is 5.09. The lowest BCUT2D eigenvalue weighted by molar-refractivity contribution is -0.129. The number of rotatable bonds is 5. The van der Waals surface area contributed by atoms with Crippen LogP contribution in [0.25, 0.3) is 0 Å². The van der Waals surface area contributed by atoms with E-state index in [0.29, 0.717) is 6.42 Å². The van der Waals surface area contributed by atoms with Gasteiger partial charge in [0.25, 0.3) is 0 Å². The summed E-state index contributed by atoms with van der Waals surface area (Å²) in [5.41, 5.74) is 5.05. The first-order valence-corrected chi connectivity index (χ1v) is 7.03. The molecule has 1 aliphatic rings. The fourth-order valence-electron chi connectivity index (χ4n) is 3.40. The summed E-state index contributed by atoms with van der Waals surface area (Å²) in [6.45, 7) is 8.03. The number of piperidine rings is 1. The molecule has 1 heterocycles. The Morgan fingerprint density at radius 1 is 1.30 bits per heavy atom. The van der Waals surface area contributed by atoms with Crippen molar-refractivity contribution in [1.29, 1.82) is 0 Å². The minimum absolute atomic E-state index is 0.0211. The molecule has 0 bridgehead atoms. The van der Waals surface area contributed by atoms with Crippen molar-refractivity contribution in [3.05, 3.63) is 0 Å². The van der Waals surface area contributed by atoms with E-state index in [4.69, 9.17) is 10.8 Å². The van der Waals surface area contributed by atoms with Crippen molar-refractivity contribution in [3.8, 4) is 0 Å². The second-order valence-electron chi connectivity index (χ2n) is 7.08. The molecule has 1 rings (SSSR count). The number of aliphatic hydroxyl groups excluding tert-OH is 1. The van der Waals surface area contributed by atoms with Crippen molar-refractivity contribution in [2.24, 2.45) is 11.7 Å². The number of carbonyl (C=O) groups excluding carboxylic acids is 2. The molecule has 0 spiro atoms. The molecule has 1 aliphatic heterocycles. The lowest BCUT2D eigenvalue weighted by Crippen LogP contribution is -2.58. The van der Waals surface area contributed by atoms with Crippen LogP contribution in [-0.2, 0) is 9.59 Å². The van der Waals surface area contributed by atoms with Gasteiger partial charge in [-0.3, -0.25) is 9.59 Å². The molecule has 6 heteroatoms. The van der Waals surface area contributed by atoms with Crippen molar-refractivity contribution in [3.63, 3.8) is 0 Å². The van der Waals surface area contributed by atoms with Gasteiger partial charge in [0.15, 0.2) is 0 Å². The van der Waals surface area contributed by atoms with E-state index in [1.807, 2.05) is 0 Å². The van der Waals surface area contributed by atoms with E-state index in [0.717, 1.165) is 12.8 Å². The molecular weight excluding hydrogens is 258 g/mol. The van der Waals surface area contributed by atoms with Gasteiger partial charge in [0.1, 0.15) is 6.04 Å². The minimum atomic E-state index is -0.995. The fraction of sp³-hybridized carbons (Fsp3) is 0.857. The first kappa shape index (κ1) is 16.9. The Morgan fingerprint density at radius 3 is 2.20 bits per heavy atom. The summed E-state index contributed by atoms with van der Waals surface area (Å²) >= 11 is 0. The predicted molar refractivity (Wildman–Crippen MR) is 76.8 cm³/mol. The number of hydrogen-bond donors (Lipinski definition) is 4. The standard InChI is InChI=1S/C14H27N3O3/c1-13(2)6-9(7-14(3,4)17-13)5-11(19)16-10(8-18)12(15)20/h9-10,17-18H,5-8H2,1-4H3,(H2,15,20)(H,16,19)/t10-/m0/s1. The van der Waals surface area contributed by atoms with Crippen LogP contribution in [0.4, 0.5) is 0 Å². The van der Waals surface area contributed by atoms with Gasteiger partial charge in [-0.1, -0.05) is 0 Å². The molecule has 1 fully saturated rings. The van der Waals surface area contributed by atoms with Crippen LogP contribution in [0, 0.1) is 5.92 Å². The molecular formula is C14H27N3O3. The SMILES string of the molecule is CC1(C)CC(CC(=O)N[C@@H](CO)C(N)=O)CC(C)(C)N1. The zero-order valence-electron chi connectivity index (χ0n) is 12.8. The molecule has 116 valence electrons. The molecule has 0 aromatic heterocycles. The Morgan fingerprint density at radius 2 is 1.80 bits per heavy atom. The van der Waals surface area contributed by atoms with E-state index in [1.54, 1.807) is 0 Å². The number of nitrogens with one attached hydrogen (secondary N) is 2. The van der Waals surface area contributed by atoms with Gasteiger partial charge in [0.2, 0.25) is 11.8 Å². The normalized spacial score (nSPS) is 23.1. The van der Waals surface area contributed by atoms with Gasteiger partial charge < -0.3 is 21.5 Å². The van der Waals surface area contributed by atoms with Gasteiger partial charge >= 0.3 is 0 Å². The largest absolute Gasteiger partial charge is 0.394 e. The number of amides is 2. The van der Waals surface area contributed by atoms with Crippen molar-refractivity contribution < 1.29 is 14.7 Å². The third-order valence-corrected chi connectivity index (χ3v) is 3.61. The van der Waals surface area contributed by atoms with Crippen LogP contribution in [0.15, 0.2) is 0 Å². The van der Waals surface area contributed by atoms with Crippen LogP contribution in [0.3, 0.4) is 0 Å². The number of hydrogen-bond acceptors (Lipinski definition) is 4. The van der Waals surface area contributed by atoms with E-state index >= 15 is 0 Å². The average molecular weight is 285 g/mol. The van der Waals surface area contributed by atoms with Gasteiger partial charge in [0, 0.05) is 17.5 Å². The summed E-state index contributed by atoms with van der Waals surface area (Å²) in [6.07, 6.45) is 2.13. The monoisotopic (exact) mass is 285 g/mol. The quantitative estimate of drug-likeness (QED) is 0.566. The van der Waals surface area contributed by atoms with E-state index < -0.39 is 18.6 Å². The zero-order chi connectivity index (χ0) is 15.6. The van der Waals surface area contributed by atoms with Crippen LogP contribution in [0.2, 0.25) is 0 Å². The van der Waals surface area contributed by atoms with E-state index in [1.165, 1.54) is 0 Å². The molecule has 5 N–H and O–H groups in total. The van der Waals surface area contributed by atoms with E-state index in [2.05, 4.69) is 38.3 Å². The maximum Gasteiger partial charge on any atom is 0.242 e. The minimum Gasteiger partial charge on any atom is -0.394 e. The zero-order valence-corrected chi connectivity index (χ0v) is 12.8. The second kappa shape index (κ2) is 6.10. The van der Waals surface area contributed by atoms with Crippen molar-refractivity contribution in [2.75, 3.05) is 6.61 Å². The van der Waals surface area contributed by atoms with Gasteiger partial charge in [-0.25, -0.2) is 0 Å². The number of aliphatic hydroxyl groups is 1. The molecule has 0 aromatic carbocycles. The van der Waals surface area contributed by atoms with Crippen LogP contribution in [-0.4, -0.2) is 40.6 Å². The molecule has 1 saturated heterocycles. The highest BCUT2D eigenvalue weighted by molar-refractivity contribution is 5.86. The smallest absolute Gasteiger partial charge is 0.242 e. The summed E-state index contributed by atoms with van der Waals surface area (Å²) in [5, 5.41) is 15.0. The average Bonchev–Trinajstić information content (AvgIpc) is 2.20. The van der Waals surface area contributed by atoms with Gasteiger partial charge in [-0.05, 0) is 46.5 Å². The topological polar surface area (TPSA) is 104 Å². The maximum absolute atomic E-state index is 12.0. The van der Waals surface area contributed by atoms with Gasteiger partial charge in [-0.2, -0.15) is 0 Å². The predicted octanol–water partition coefficient (Wildman–Crippen LogP) is -0.104. The Kier molecular flexibility index (Phi) is 5.15. The summed E-state index contributed by atoms with van der Waals surface area (Å²) in [4.78, 5) is 23.0. The lowest BCUT2D eigenvalue weighted by atomic mass is 9.74. The van der Waals surface area contributed by atoms with Gasteiger partial charge in [0.05, 0.1) is 6.61 Å². The third-order valence-electron chi connectivity index (χ3n) is 3.61. The van der Waals surface area contributed by atoms with Crippen molar-refractivity contribution in [1.82, 2.24) is 10.6 Å².